The summed E-state index contributed by atoms with van der Waals surface area (Å²) < 4.78 is 47.7. The Morgan fingerprint density at radius 2 is 1.26 bits per heavy atom. The lowest BCUT2D eigenvalue weighted by atomic mass is 9.84. The van der Waals surface area contributed by atoms with E-state index in [1.165, 1.54) is 96.6 Å². The number of hydrogen-bond donors (Lipinski definition) is 3. The van der Waals surface area contributed by atoms with Crippen molar-refractivity contribution < 1.29 is 80.2 Å². The summed E-state index contributed by atoms with van der Waals surface area (Å²) in [6, 6.07) is -8.64. The van der Waals surface area contributed by atoms with Gasteiger partial charge >= 0.3 is 6.18 Å². The van der Waals surface area contributed by atoms with Crippen LogP contribution in [-0.4, -0.2) is 288 Å². The number of benzene rings is 1. The van der Waals surface area contributed by atoms with Crippen molar-refractivity contribution in [2.75, 3.05) is 102 Å². The van der Waals surface area contributed by atoms with Crippen LogP contribution >= 0.6 is 11.6 Å². The maximum Gasteiger partial charge on any atom is 0.417 e. The Labute approximate surface area is 645 Å². The molecule has 31 heteroatoms. The quantitative estimate of drug-likeness (QED) is 0.203. The number of aryl methyl sites for hydroxylation is 1. The van der Waals surface area contributed by atoms with Crippen molar-refractivity contribution in [1.82, 2.24) is 64.9 Å². The van der Waals surface area contributed by atoms with Gasteiger partial charge in [-0.3, -0.25) is 62.3 Å². The third-order valence-corrected chi connectivity index (χ3v) is 24.7. The standard InChI is InChI=1S/C78H119ClF3N13O14/c1-13-49(4)65-74(106)87(7)50(5)69(101)95-38-33-58(95)72(104)90(10)60(45-51-23-15-14-16-24-51)71(103)86(6)47-62(96)83-56(30-28-52-27-29-54(55(79)44-52)78(80,81)82)70(102)89(9)57(31-32-63(97)93-36-21-22-37-93)68(100)85-77(34-19-20-35-77)76(108)92(12)66(53-25-17-18-26-53)75(107)91(11)61(73(105)94-39-41-109-42-40-94)46-64(98)88(8)59(43-48(2)3)67(99)84-65/h27,29,44,48-51,53,56-61,65-66H,13-26,28,30-43,45-47H2,1-12H3,(H,83,96)(H,84,99)(H,85,100)/t49-,50-,56-,57-,58-,59-,60-,61-,65-,66-/m0/s1. The summed E-state index contributed by atoms with van der Waals surface area (Å²) in [4.78, 5) is 210. The van der Waals surface area contributed by atoms with Gasteiger partial charge in [-0.15, -0.1) is 0 Å². The number of carbonyl (C=O) groups is 13. The van der Waals surface area contributed by atoms with E-state index in [1.807, 2.05) is 20.8 Å². The number of morpholine rings is 1. The molecule has 13 amide bonds. The third kappa shape index (κ3) is 21.1. The van der Waals surface area contributed by atoms with Crippen LogP contribution < -0.4 is 16.0 Å². The molecule has 0 bridgehead atoms. The molecule has 3 saturated carbocycles. The van der Waals surface area contributed by atoms with Crippen molar-refractivity contribution >= 4 is 88.4 Å². The number of hydrogen-bond acceptors (Lipinski definition) is 14. The maximum absolute atomic E-state index is 16.0. The van der Waals surface area contributed by atoms with Crippen molar-refractivity contribution in [1.29, 1.82) is 0 Å². The molecule has 608 valence electrons. The molecule has 7 aliphatic rings. The SMILES string of the molecule is CC[C@H](C)[C@@H]1NC(=O)[C@H](CC(C)C)N(C)C(=O)C[C@@H](C(=O)N2CCOCC2)N(C)C(=O)[C@H](C2CCCC2)N(C)C(=O)C2(CCCC2)NC(=O)[C@H](CCC(=O)N2CCCC2)N(C)C(=O)[C@H](CCc2ccc(C(F)(F)F)c(Cl)c2)NC(=O)CN(C)C(=O)[C@H](CC2CCCCC2)N(C)C(=O)[C@@H]2CCN2C(=O)[C@H](C)N(C)C1=O. The highest BCUT2D eigenvalue weighted by Crippen LogP contribution is 2.39. The predicted molar refractivity (Wildman–Crippen MR) is 400 cm³/mol. The van der Waals surface area contributed by atoms with E-state index in [2.05, 4.69) is 16.0 Å². The number of alkyl halides is 3. The van der Waals surface area contributed by atoms with Crippen LogP contribution in [0.5, 0.6) is 0 Å². The van der Waals surface area contributed by atoms with Crippen molar-refractivity contribution in [3.05, 3.63) is 34.3 Å². The molecule has 4 saturated heterocycles. The molecule has 1 spiro atoms. The molecule has 4 heterocycles. The molecule has 8 rings (SSSR count). The largest absolute Gasteiger partial charge is 0.417 e. The molecule has 0 radical (unpaired) electrons. The van der Waals surface area contributed by atoms with Crippen LogP contribution in [0.15, 0.2) is 18.2 Å². The number of fused-ring (bicyclic) bond motifs is 1. The second-order valence-electron chi connectivity index (χ2n) is 32.2. The van der Waals surface area contributed by atoms with E-state index in [-0.39, 0.29) is 114 Å². The highest BCUT2D eigenvalue weighted by Gasteiger charge is 2.52. The number of carbonyl (C=O) groups excluding carboxylic acids is 13. The fourth-order valence-corrected chi connectivity index (χ4v) is 17.3. The van der Waals surface area contributed by atoms with Crippen molar-refractivity contribution in [3.8, 4) is 0 Å². The summed E-state index contributed by atoms with van der Waals surface area (Å²) >= 11 is 6.22. The van der Waals surface area contributed by atoms with E-state index < -0.39 is 172 Å². The first-order valence-electron chi connectivity index (χ1n) is 39.6. The zero-order valence-corrected chi connectivity index (χ0v) is 66.8. The molecule has 1 aromatic rings. The van der Waals surface area contributed by atoms with Gasteiger partial charge in [0.05, 0.1) is 36.8 Å². The smallest absolute Gasteiger partial charge is 0.378 e. The normalized spacial score (nSPS) is 27.6. The van der Waals surface area contributed by atoms with E-state index in [9.17, 15) is 37.1 Å². The van der Waals surface area contributed by atoms with E-state index in [0.717, 1.165) is 66.9 Å². The third-order valence-electron chi connectivity index (χ3n) is 24.4. The Hall–Kier alpha value is -7.63. The van der Waals surface area contributed by atoms with Crippen LogP contribution in [0, 0.1) is 23.7 Å². The topological polar surface area (TPSA) is 300 Å². The lowest BCUT2D eigenvalue weighted by Gasteiger charge is -2.45. The number of likely N-dealkylation sites (N-methyl/N-ethyl adjacent to an activating group) is 7. The van der Waals surface area contributed by atoms with Crippen LogP contribution in [0.2, 0.25) is 5.02 Å². The summed E-state index contributed by atoms with van der Waals surface area (Å²) in [5, 5.41) is 8.13. The van der Waals surface area contributed by atoms with Gasteiger partial charge in [-0.05, 0) is 125 Å². The molecule has 27 nitrogen and oxygen atoms in total. The molecular weight excluding hydrogens is 1440 g/mol. The molecule has 3 aliphatic carbocycles. The van der Waals surface area contributed by atoms with Crippen LogP contribution in [0.3, 0.4) is 0 Å². The van der Waals surface area contributed by atoms with Gasteiger partial charge in [-0.1, -0.05) is 110 Å². The molecule has 0 aromatic heterocycles. The Balaban J connectivity index is 1.22. The van der Waals surface area contributed by atoms with Gasteiger partial charge in [0.15, 0.2) is 0 Å². The Kier molecular flexibility index (Phi) is 30.7. The van der Waals surface area contributed by atoms with Gasteiger partial charge in [0, 0.05) is 88.5 Å². The molecular formula is C78H119ClF3N13O14. The van der Waals surface area contributed by atoms with E-state index in [0.29, 0.717) is 58.0 Å². The first kappa shape index (κ1) is 87.0. The van der Waals surface area contributed by atoms with Gasteiger partial charge in [0.25, 0.3) is 0 Å². The van der Waals surface area contributed by atoms with Gasteiger partial charge in [0.1, 0.15) is 59.9 Å². The van der Waals surface area contributed by atoms with Gasteiger partial charge < -0.3 is 69.7 Å². The number of ether oxygens (including phenoxy) is 1. The lowest BCUT2D eigenvalue weighted by Crippen LogP contribution is -2.65. The fourth-order valence-electron chi connectivity index (χ4n) is 17.0. The van der Waals surface area contributed by atoms with Crippen molar-refractivity contribution in [2.45, 2.75) is 255 Å². The Morgan fingerprint density at radius 1 is 0.633 bits per heavy atom. The molecule has 4 aliphatic heterocycles. The number of likely N-dealkylation sites (tertiary alicyclic amines) is 1. The zero-order chi connectivity index (χ0) is 80.1. The van der Waals surface area contributed by atoms with Gasteiger partial charge in [0.2, 0.25) is 76.8 Å². The zero-order valence-electron chi connectivity index (χ0n) is 66.1. The monoisotopic (exact) mass is 1550 g/mol. The van der Waals surface area contributed by atoms with Crippen LogP contribution in [0.25, 0.3) is 0 Å². The first-order chi connectivity index (χ1) is 51.5. The maximum atomic E-state index is 16.0. The predicted octanol–water partition coefficient (Wildman–Crippen LogP) is 5.65. The minimum atomic E-state index is -4.80. The summed E-state index contributed by atoms with van der Waals surface area (Å²) in [7, 11) is 9.88. The number of nitrogens with one attached hydrogen (secondary N) is 3. The number of nitrogens with zero attached hydrogens (tertiary/aromatic N) is 10. The molecule has 109 heavy (non-hydrogen) atoms. The Bertz CT molecular complexity index is 3450. The molecule has 7 fully saturated rings. The fraction of sp³-hybridized carbons (Fsp3) is 0.756. The number of amides is 13. The van der Waals surface area contributed by atoms with Crippen LogP contribution in [0.1, 0.15) is 193 Å². The minimum Gasteiger partial charge on any atom is -0.378 e. The van der Waals surface area contributed by atoms with E-state index in [1.54, 1.807) is 11.8 Å². The van der Waals surface area contributed by atoms with E-state index >= 15 is 38.4 Å². The van der Waals surface area contributed by atoms with Crippen molar-refractivity contribution in [2.24, 2.45) is 23.7 Å². The van der Waals surface area contributed by atoms with Gasteiger partial charge in [-0.25, -0.2) is 0 Å². The average Bonchev–Trinajstić information content (AvgIpc) is 1.77. The van der Waals surface area contributed by atoms with Crippen LogP contribution in [0.4, 0.5) is 13.2 Å². The summed E-state index contributed by atoms with van der Waals surface area (Å²) in [5.74, 6) is -9.80. The second kappa shape index (κ2) is 38.5. The summed E-state index contributed by atoms with van der Waals surface area (Å²) in [6.45, 7) is 9.81. The average molecular weight is 1560 g/mol. The number of rotatable bonds is 14. The Morgan fingerprint density at radius 3 is 1.84 bits per heavy atom. The summed E-state index contributed by atoms with van der Waals surface area (Å²) in [5.41, 5.74) is -2.57. The molecule has 1 aromatic carbocycles. The lowest BCUT2D eigenvalue weighted by molar-refractivity contribution is -0.160. The minimum absolute atomic E-state index is 0.0106. The highest BCUT2D eigenvalue weighted by atomic mass is 35.5. The van der Waals surface area contributed by atoms with Crippen LogP contribution in [-0.2, 0) is 79.7 Å². The number of halogens is 4. The molecule has 10 atom stereocenters. The molecule has 3 N–H and O–H groups in total. The molecule has 0 unspecified atom stereocenters. The van der Waals surface area contributed by atoms with E-state index in [4.69, 9.17) is 16.3 Å². The first-order valence-corrected chi connectivity index (χ1v) is 40.0. The second-order valence-corrected chi connectivity index (χ2v) is 32.6. The summed E-state index contributed by atoms with van der Waals surface area (Å²) in [6.07, 6.45) is 3.67. The highest BCUT2D eigenvalue weighted by molar-refractivity contribution is 6.31. The van der Waals surface area contributed by atoms with Gasteiger partial charge in [-0.2, -0.15) is 13.2 Å². The van der Waals surface area contributed by atoms with Crippen molar-refractivity contribution in [3.63, 3.8) is 0 Å².